The van der Waals surface area contributed by atoms with E-state index in [1.165, 1.54) is 11.3 Å². The van der Waals surface area contributed by atoms with E-state index >= 15 is 0 Å². The van der Waals surface area contributed by atoms with Crippen LogP contribution >= 0.6 is 11.3 Å². The molecule has 104 valence electrons. The molecule has 0 saturated carbocycles. The van der Waals surface area contributed by atoms with E-state index in [4.69, 9.17) is 5.73 Å². The van der Waals surface area contributed by atoms with E-state index in [1.807, 2.05) is 5.38 Å². The van der Waals surface area contributed by atoms with Crippen molar-refractivity contribution in [2.45, 2.75) is 45.1 Å². The predicted octanol–water partition coefficient (Wildman–Crippen LogP) is 2.23. The van der Waals surface area contributed by atoms with Gasteiger partial charge in [0.2, 0.25) is 10.0 Å². The topological polar surface area (TPSA) is 72.2 Å². The Morgan fingerprint density at radius 1 is 1.44 bits per heavy atom. The molecule has 1 heterocycles. The van der Waals surface area contributed by atoms with Gasteiger partial charge in [-0.15, -0.1) is 11.3 Å². The molecule has 0 spiro atoms. The molecule has 1 aromatic heterocycles. The van der Waals surface area contributed by atoms with Crippen LogP contribution in [0, 0.1) is 12.8 Å². The third kappa shape index (κ3) is 4.05. The molecule has 3 N–H and O–H groups in total. The minimum atomic E-state index is -3.41. The smallest absolute Gasteiger partial charge is 0.241 e. The molecular weight excluding hydrogens is 268 g/mol. The lowest BCUT2D eigenvalue weighted by atomic mass is 10.1. The lowest BCUT2D eigenvalue weighted by Crippen LogP contribution is -2.26. The van der Waals surface area contributed by atoms with Gasteiger partial charge in [-0.1, -0.05) is 13.8 Å². The van der Waals surface area contributed by atoms with E-state index in [1.54, 1.807) is 6.92 Å². The Balaban J connectivity index is 2.71. The number of rotatable bonds is 7. The molecule has 1 rings (SSSR count). The zero-order valence-electron chi connectivity index (χ0n) is 11.2. The summed E-state index contributed by atoms with van der Waals surface area (Å²) in [5.41, 5.74) is 6.35. The van der Waals surface area contributed by atoms with Crippen molar-refractivity contribution in [1.82, 2.24) is 4.72 Å². The van der Waals surface area contributed by atoms with E-state index < -0.39 is 10.0 Å². The van der Waals surface area contributed by atoms with Gasteiger partial charge in [0.15, 0.2) is 0 Å². The molecule has 0 aromatic carbocycles. The van der Waals surface area contributed by atoms with Crippen LogP contribution < -0.4 is 10.5 Å². The van der Waals surface area contributed by atoms with Crippen LogP contribution in [0.15, 0.2) is 10.3 Å². The molecule has 6 heteroatoms. The fraction of sp³-hybridized carbons (Fsp3) is 0.667. The molecule has 0 aliphatic carbocycles. The maximum atomic E-state index is 12.2. The summed E-state index contributed by atoms with van der Waals surface area (Å²) in [6.45, 7) is 6.81. The Hall–Kier alpha value is -0.430. The molecule has 0 aliphatic rings. The Morgan fingerprint density at radius 3 is 2.67 bits per heavy atom. The highest BCUT2D eigenvalue weighted by atomic mass is 32.2. The Bertz CT molecular complexity index is 478. The summed E-state index contributed by atoms with van der Waals surface area (Å²) in [7, 11) is -3.41. The van der Waals surface area contributed by atoms with Gasteiger partial charge in [-0.05, 0) is 36.6 Å². The van der Waals surface area contributed by atoms with Crippen LogP contribution in [0.3, 0.4) is 0 Å². The zero-order valence-corrected chi connectivity index (χ0v) is 12.8. The number of sulfonamides is 1. The van der Waals surface area contributed by atoms with Crippen molar-refractivity contribution in [2.24, 2.45) is 11.7 Å². The molecule has 0 fully saturated rings. The van der Waals surface area contributed by atoms with Crippen molar-refractivity contribution in [2.75, 3.05) is 6.54 Å². The number of nitrogens with two attached hydrogens (primary N) is 1. The quantitative estimate of drug-likeness (QED) is 0.756. The van der Waals surface area contributed by atoms with E-state index in [9.17, 15) is 8.42 Å². The molecule has 18 heavy (non-hydrogen) atoms. The van der Waals surface area contributed by atoms with Gasteiger partial charge in [-0.25, -0.2) is 13.1 Å². The van der Waals surface area contributed by atoms with Gasteiger partial charge in [-0.3, -0.25) is 0 Å². The average molecular weight is 290 g/mol. The standard InChI is InChI=1S/C12H22N2O2S2/c1-9(2)5-4-6-14-18(15,16)12-10(3)8-17-11(12)7-13/h8-9,14H,4-7,13H2,1-3H3. The van der Waals surface area contributed by atoms with Crippen molar-refractivity contribution in [3.63, 3.8) is 0 Å². The second-order valence-electron chi connectivity index (χ2n) is 4.81. The first kappa shape index (κ1) is 15.6. The second-order valence-corrected chi connectivity index (χ2v) is 7.48. The van der Waals surface area contributed by atoms with Crippen LogP contribution in [0.4, 0.5) is 0 Å². The monoisotopic (exact) mass is 290 g/mol. The molecule has 4 nitrogen and oxygen atoms in total. The van der Waals surface area contributed by atoms with Gasteiger partial charge in [0.05, 0.1) is 0 Å². The molecule has 0 aliphatic heterocycles. The van der Waals surface area contributed by atoms with Gasteiger partial charge in [0.1, 0.15) is 4.90 Å². The molecular formula is C12H22N2O2S2. The fourth-order valence-corrected chi connectivity index (χ4v) is 4.55. The minimum absolute atomic E-state index is 0.265. The van der Waals surface area contributed by atoms with Crippen LogP contribution in [-0.2, 0) is 16.6 Å². The third-order valence-electron chi connectivity index (χ3n) is 2.69. The Morgan fingerprint density at radius 2 is 2.11 bits per heavy atom. The van der Waals surface area contributed by atoms with Crippen LogP contribution in [0.1, 0.15) is 37.1 Å². The molecule has 0 saturated heterocycles. The SMILES string of the molecule is Cc1csc(CN)c1S(=O)(=O)NCCCC(C)C. The zero-order chi connectivity index (χ0) is 13.8. The Labute approximate surface area is 114 Å². The molecule has 0 unspecified atom stereocenters. The summed E-state index contributed by atoms with van der Waals surface area (Å²) in [6, 6.07) is 0. The lowest BCUT2D eigenvalue weighted by Gasteiger charge is -2.09. The fourth-order valence-electron chi connectivity index (χ4n) is 1.78. The number of nitrogens with one attached hydrogen (secondary N) is 1. The van der Waals surface area contributed by atoms with E-state index in [0.717, 1.165) is 23.3 Å². The van der Waals surface area contributed by atoms with Crippen molar-refractivity contribution >= 4 is 21.4 Å². The summed E-state index contributed by atoms with van der Waals surface area (Å²) >= 11 is 1.40. The summed E-state index contributed by atoms with van der Waals surface area (Å²) in [5, 5.41) is 1.84. The van der Waals surface area contributed by atoms with Crippen LogP contribution in [0.5, 0.6) is 0 Å². The summed E-state index contributed by atoms with van der Waals surface area (Å²) in [4.78, 5) is 1.10. The highest BCUT2D eigenvalue weighted by Gasteiger charge is 2.21. The van der Waals surface area contributed by atoms with Crippen molar-refractivity contribution in [3.8, 4) is 0 Å². The van der Waals surface area contributed by atoms with Gasteiger partial charge in [-0.2, -0.15) is 0 Å². The van der Waals surface area contributed by atoms with E-state index in [2.05, 4.69) is 18.6 Å². The normalized spacial score (nSPS) is 12.3. The van der Waals surface area contributed by atoms with Crippen LogP contribution in [-0.4, -0.2) is 15.0 Å². The number of thiophene rings is 1. The van der Waals surface area contributed by atoms with Gasteiger partial charge in [0, 0.05) is 18.0 Å². The highest BCUT2D eigenvalue weighted by molar-refractivity contribution is 7.89. The Kier molecular flexibility index (Phi) is 5.78. The summed E-state index contributed by atoms with van der Waals surface area (Å²) in [6.07, 6.45) is 1.88. The van der Waals surface area contributed by atoms with E-state index in [0.29, 0.717) is 17.4 Å². The first-order valence-electron chi connectivity index (χ1n) is 6.15. The number of aryl methyl sites for hydroxylation is 1. The van der Waals surface area contributed by atoms with Gasteiger partial charge in [0.25, 0.3) is 0 Å². The van der Waals surface area contributed by atoms with Crippen LogP contribution in [0.2, 0.25) is 0 Å². The highest BCUT2D eigenvalue weighted by Crippen LogP contribution is 2.26. The van der Waals surface area contributed by atoms with E-state index in [-0.39, 0.29) is 6.54 Å². The average Bonchev–Trinajstić information content (AvgIpc) is 2.66. The van der Waals surface area contributed by atoms with Crippen molar-refractivity contribution in [1.29, 1.82) is 0 Å². The minimum Gasteiger partial charge on any atom is -0.326 e. The number of hydrogen-bond donors (Lipinski definition) is 2. The van der Waals surface area contributed by atoms with Crippen molar-refractivity contribution < 1.29 is 8.42 Å². The van der Waals surface area contributed by atoms with Gasteiger partial charge < -0.3 is 5.73 Å². The summed E-state index contributed by atoms with van der Waals surface area (Å²) in [5.74, 6) is 0.594. The van der Waals surface area contributed by atoms with Crippen LogP contribution in [0.25, 0.3) is 0 Å². The second kappa shape index (κ2) is 6.65. The molecule has 1 aromatic rings. The first-order valence-corrected chi connectivity index (χ1v) is 8.51. The van der Waals surface area contributed by atoms with Gasteiger partial charge >= 0.3 is 0 Å². The largest absolute Gasteiger partial charge is 0.326 e. The third-order valence-corrected chi connectivity index (χ3v) is 5.64. The lowest BCUT2D eigenvalue weighted by molar-refractivity contribution is 0.539. The maximum Gasteiger partial charge on any atom is 0.241 e. The summed E-state index contributed by atoms with van der Waals surface area (Å²) < 4.78 is 27.0. The van der Waals surface area contributed by atoms with Crippen molar-refractivity contribution in [3.05, 3.63) is 15.8 Å². The maximum absolute atomic E-state index is 12.2. The molecule has 0 atom stereocenters. The number of hydrogen-bond acceptors (Lipinski definition) is 4. The first-order chi connectivity index (χ1) is 8.38. The molecule has 0 bridgehead atoms. The molecule has 0 amide bonds. The molecule has 0 radical (unpaired) electrons. The predicted molar refractivity (Wildman–Crippen MR) is 76.2 cm³/mol.